The summed E-state index contributed by atoms with van der Waals surface area (Å²) in [5, 5.41) is 9.00. The Kier molecular flexibility index (Phi) is 4.86. The van der Waals surface area contributed by atoms with Crippen LogP contribution in [-0.2, 0) is 4.74 Å². The lowest BCUT2D eigenvalue weighted by Gasteiger charge is -2.28. The molecule has 22 heavy (non-hydrogen) atoms. The highest BCUT2D eigenvalue weighted by Gasteiger charge is 2.32. The van der Waals surface area contributed by atoms with E-state index in [9.17, 15) is 4.79 Å². The molecule has 1 aliphatic rings. The second kappa shape index (κ2) is 6.65. The molecule has 1 amide bonds. The van der Waals surface area contributed by atoms with Crippen molar-refractivity contribution in [3.63, 3.8) is 0 Å². The highest BCUT2D eigenvalue weighted by Crippen LogP contribution is 2.22. The molecule has 1 saturated heterocycles. The van der Waals surface area contributed by atoms with Crippen LogP contribution in [0.15, 0.2) is 18.3 Å². The first-order chi connectivity index (χ1) is 10.4. The summed E-state index contributed by atoms with van der Waals surface area (Å²) in [4.78, 5) is 17.8. The van der Waals surface area contributed by atoms with Gasteiger partial charge in [-0.05, 0) is 45.7 Å². The summed E-state index contributed by atoms with van der Waals surface area (Å²) in [6, 6.07) is 5.38. The number of carbonyl (C=O) groups excluding carboxylic acids is 1. The van der Waals surface area contributed by atoms with Gasteiger partial charge in [-0.25, -0.2) is 9.78 Å². The first-order valence-corrected chi connectivity index (χ1v) is 7.38. The molecule has 0 aliphatic carbocycles. The fraction of sp³-hybridized carbons (Fsp3) is 0.562. The largest absolute Gasteiger partial charge is 0.488 e. The number of ether oxygens (including phenoxy) is 2. The molecule has 0 radical (unpaired) electrons. The van der Waals surface area contributed by atoms with Crippen LogP contribution in [0, 0.1) is 11.3 Å². The standard InChI is InChI=1S/C16H21N3O3/c1-16(2,3)22-15(20)19-9-5-6-12(19)11-21-14-7-4-8-18-13(14)10-17/h4,7-8,12H,5-6,9,11H2,1-3H3. The molecule has 6 heteroatoms. The fourth-order valence-corrected chi connectivity index (χ4v) is 2.35. The van der Waals surface area contributed by atoms with Crippen molar-refractivity contribution < 1.29 is 14.3 Å². The minimum Gasteiger partial charge on any atom is -0.488 e. The highest BCUT2D eigenvalue weighted by molar-refractivity contribution is 5.69. The van der Waals surface area contributed by atoms with Crippen LogP contribution in [0.25, 0.3) is 0 Å². The molecule has 1 aliphatic heterocycles. The number of amides is 1. The number of carbonyl (C=O) groups is 1. The number of rotatable bonds is 3. The monoisotopic (exact) mass is 303 g/mol. The van der Waals surface area contributed by atoms with Crippen molar-refractivity contribution in [2.45, 2.75) is 45.3 Å². The third-order valence-corrected chi connectivity index (χ3v) is 3.31. The van der Waals surface area contributed by atoms with Gasteiger partial charge < -0.3 is 14.4 Å². The molecule has 1 aromatic rings. The maximum absolute atomic E-state index is 12.2. The molecular formula is C16H21N3O3. The maximum Gasteiger partial charge on any atom is 0.410 e. The van der Waals surface area contributed by atoms with Gasteiger partial charge in [0.25, 0.3) is 0 Å². The SMILES string of the molecule is CC(C)(C)OC(=O)N1CCCC1COc1cccnc1C#N. The van der Waals surface area contributed by atoms with Crippen molar-refractivity contribution in [2.75, 3.05) is 13.2 Å². The lowest BCUT2D eigenvalue weighted by molar-refractivity contribution is 0.0187. The summed E-state index contributed by atoms with van der Waals surface area (Å²) in [6.45, 7) is 6.55. The van der Waals surface area contributed by atoms with Crippen LogP contribution in [0.5, 0.6) is 5.75 Å². The van der Waals surface area contributed by atoms with Gasteiger partial charge in [0, 0.05) is 12.7 Å². The molecule has 0 N–H and O–H groups in total. The average Bonchev–Trinajstić information content (AvgIpc) is 2.92. The van der Waals surface area contributed by atoms with Gasteiger partial charge in [0.1, 0.15) is 18.3 Å². The molecule has 2 rings (SSSR count). The van der Waals surface area contributed by atoms with E-state index in [0.717, 1.165) is 12.8 Å². The molecule has 0 aromatic carbocycles. The van der Waals surface area contributed by atoms with Gasteiger partial charge in [-0.3, -0.25) is 0 Å². The number of pyridine rings is 1. The molecule has 1 unspecified atom stereocenters. The molecule has 6 nitrogen and oxygen atoms in total. The zero-order chi connectivity index (χ0) is 16.2. The number of hydrogen-bond acceptors (Lipinski definition) is 5. The molecule has 1 atom stereocenters. The Hall–Kier alpha value is -2.29. The predicted molar refractivity (Wildman–Crippen MR) is 80.4 cm³/mol. The van der Waals surface area contributed by atoms with Crippen molar-refractivity contribution in [1.29, 1.82) is 5.26 Å². The van der Waals surface area contributed by atoms with Crippen LogP contribution in [-0.4, -0.2) is 40.8 Å². The topological polar surface area (TPSA) is 75.4 Å². The van der Waals surface area contributed by atoms with Crippen molar-refractivity contribution in [1.82, 2.24) is 9.88 Å². The van der Waals surface area contributed by atoms with E-state index in [0.29, 0.717) is 18.9 Å². The third-order valence-electron chi connectivity index (χ3n) is 3.31. The molecule has 118 valence electrons. The quantitative estimate of drug-likeness (QED) is 0.858. The van der Waals surface area contributed by atoms with Crippen LogP contribution in [0.4, 0.5) is 4.79 Å². The van der Waals surface area contributed by atoms with Crippen molar-refractivity contribution in [2.24, 2.45) is 0 Å². The highest BCUT2D eigenvalue weighted by atomic mass is 16.6. The van der Waals surface area contributed by atoms with Crippen molar-refractivity contribution in [3.8, 4) is 11.8 Å². The van der Waals surface area contributed by atoms with Crippen molar-refractivity contribution >= 4 is 6.09 Å². The van der Waals surface area contributed by atoms with Gasteiger partial charge in [0.2, 0.25) is 0 Å². The second-order valence-electron chi connectivity index (χ2n) is 6.24. The Balaban J connectivity index is 1.97. The van der Waals surface area contributed by atoms with Gasteiger partial charge in [-0.1, -0.05) is 0 Å². The molecule has 1 aromatic heterocycles. The van der Waals surface area contributed by atoms with Crippen LogP contribution < -0.4 is 4.74 Å². The number of nitrogens with zero attached hydrogens (tertiary/aromatic N) is 3. The first kappa shape index (κ1) is 16.1. The van der Waals surface area contributed by atoms with E-state index in [1.165, 1.54) is 0 Å². The van der Waals surface area contributed by atoms with E-state index in [-0.39, 0.29) is 17.8 Å². The number of hydrogen-bond donors (Lipinski definition) is 0. The van der Waals surface area contributed by atoms with E-state index in [4.69, 9.17) is 14.7 Å². The fourth-order valence-electron chi connectivity index (χ4n) is 2.35. The second-order valence-corrected chi connectivity index (χ2v) is 6.24. The Labute approximate surface area is 130 Å². The van der Waals surface area contributed by atoms with Gasteiger partial charge in [-0.2, -0.15) is 5.26 Å². The number of nitriles is 1. The minimum atomic E-state index is -0.511. The smallest absolute Gasteiger partial charge is 0.410 e. The first-order valence-electron chi connectivity index (χ1n) is 7.38. The molecule has 0 saturated carbocycles. The van der Waals surface area contributed by atoms with E-state index >= 15 is 0 Å². The molecule has 1 fully saturated rings. The summed E-state index contributed by atoms with van der Waals surface area (Å²) < 4.78 is 11.1. The predicted octanol–water partition coefficient (Wildman–Crippen LogP) is 2.73. The van der Waals surface area contributed by atoms with Gasteiger partial charge >= 0.3 is 6.09 Å². The third kappa shape index (κ3) is 4.10. The van der Waals surface area contributed by atoms with Crippen LogP contribution in [0.2, 0.25) is 0 Å². The zero-order valence-electron chi connectivity index (χ0n) is 13.2. The zero-order valence-corrected chi connectivity index (χ0v) is 13.2. The lowest BCUT2D eigenvalue weighted by Crippen LogP contribution is -2.42. The normalized spacial score (nSPS) is 17.9. The summed E-state index contributed by atoms with van der Waals surface area (Å²) in [6.07, 6.45) is 3.02. The Morgan fingerprint density at radius 1 is 1.55 bits per heavy atom. The van der Waals surface area contributed by atoms with Crippen molar-refractivity contribution in [3.05, 3.63) is 24.0 Å². The van der Waals surface area contributed by atoms with Gasteiger partial charge in [0.15, 0.2) is 11.4 Å². The molecule has 0 bridgehead atoms. The van der Waals surface area contributed by atoms with Crippen LogP contribution >= 0.6 is 0 Å². The summed E-state index contributed by atoms with van der Waals surface area (Å²) in [7, 11) is 0. The van der Waals surface area contributed by atoms with Crippen LogP contribution in [0.1, 0.15) is 39.3 Å². The Morgan fingerprint density at radius 2 is 2.32 bits per heavy atom. The average molecular weight is 303 g/mol. The van der Waals surface area contributed by atoms with E-state index in [1.807, 2.05) is 26.8 Å². The lowest BCUT2D eigenvalue weighted by atomic mass is 10.2. The summed E-state index contributed by atoms with van der Waals surface area (Å²) in [5.74, 6) is 0.445. The molecule has 2 heterocycles. The van der Waals surface area contributed by atoms with Crippen LogP contribution in [0.3, 0.4) is 0 Å². The molecule has 0 spiro atoms. The minimum absolute atomic E-state index is 0.0402. The maximum atomic E-state index is 12.2. The van der Waals surface area contributed by atoms with E-state index in [1.54, 1.807) is 23.2 Å². The van der Waals surface area contributed by atoms with E-state index < -0.39 is 5.60 Å². The van der Waals surface area contributed by atoms with Gasteiger partial charge in [-0.15, -0.1) is 0 Å². The summed E-state index contributed by atoms with van der Waals surface area (Å²) >= 11 is 0. The number of aromatic nitrogens is 1. The Morgan fingerprint density at radius 3 is 3.00 bits per heavy atom. The van der Waals surface area contributed by atoms with Gasteiger partial charge in [0.05, 0.1) is 6.04 Å². The summed E-state index contributed by atoms with van der Waals surface area (Å²) in [5.41, 5.74) is -0.258. The number of likely N-dealkylation sites (tertiary alicyclic amines) is 1. The molecular weight excluding hydrogens is 282 g/mol. The Bertz CT molecular complexity index is 575. The van der Waals surface area contributed by atoms with E-state index in [2.05, 4.69) is 4.98 Å².